The van der Waals surface area contributed by atoms with Gasteiger partial charge in [-0.15, -0.1) is 0 Å². The van der Waals surface area contributed by atoms with Crippen LogP contribution in [0, 0.1) is 12.8 Å². The summed E-state index contributed by atoms with van der Waals surface area (Å²) >= 11 is 6.24. The van der Waals surface area contributed by atoms with E-state index in [2.05, 4.69) is 4.90 Å². The lowest BCUT2D eigenvalue weighted by atomic mass is 9.98. The van der Waals surface area contributed by atoms with Crippen LogP contribution in [0.5, 0.6) is 11.5 Å². The summed E-state index contributed by atoms with van der Waals surface area (Å²) in [5.41, 5.74) is 2.82. The Balaban J connectivity index is 1.50. The third kappa shape index (κ3) is 7.02. The van der Waals surface area contributed by atoms with Gasteiger partial charge in [-0.25, -0.2) is 0 Å². The summed E-state index contributed by atoms with van der Waals surface area (Å²) in [5, 5.41) is 10.4. The van der Waals surface area contributed by atoms with Crippen LogP contribution in [-0.2, 0) is 20.9 Å². The highest BCUT2D eigenvalue weighted by molar-refractivity contribution is 6.31. The van der Waals surface area contributed by atoms with E-state index in [0.29, 0.717) is 29.0 Å². The van der Waals surface area contributed by atoms with Crippen LogP contribution >= 0.6 is 11.6 Å². The van der Waals surface area contributed by atoms with Crippen molar-refractivity contribution in [2.45, 2.75) is 51.6 Å². The molecule has 37 heavy (non-hydrogen) atoms. The van der Waals surface area contributed by atoms with Crippen LogP contribution in [0.4, 0.5) is 0 Å². The molecule has 2 aromatic rings. The molecule has 1 saturated heterocycles. The summed E-state index contributed by atoms with van der Waals surface area (Å²) in [6.07, 6.45) is 2.79. The van der Waals surface area contributed by atoms with Gasteiger partial charge in [0, 0.05) is 37.0 Å². The van der Waals surface area contributed by atoms with E-state index in [9.17, 15) is 19.5 Å². The van der Waals surface area contributed by atoms with Gasteiger partial charge < -0.3 is 14.6 Å². The van der Waals surface area contributed by atoms with Crippen LogP contribution in [0.25, 0.3) is 0 Å². The minimum Gasteiger partial charge on any atom is -0.493 e. The number of hydrogen-bond donors (Lipinski definition) is 1. The van der Waals surface area contributed by atoms with Crippen molar-refractivity contribution in [3.63, 3.8) is 0 Å². The summed E-state index contributed by atoms with van der Waals surface area (Å²) in [6.45, 7) is 3.66. The Bertz CT molecular complexity index is 1150. The number of benzene rings is 2. The molecule has 1 aliphatic heterocycles. The molecule has 0 unspecified atom stereocenters. The molecule has 1 aliphatic carbocycles. The summed E-state index contributed by atoms with van der Waals surface area (Å²) < 4.78 is 11.4. The smallest absolute Gasteiger partial charge is 0.305 e. The lowest BCUT2D eigenvalue weighted by molar-refractivity contribution is -0.140. The Morgan fingerprint density at radius 1 is 1.14 bits per heavy atom. The number of carbonyl (C=O) groups is 3. The van der Waals surface area contributed by atoms with Gasteiger partial charge in [0.25, 0.3) is 0 Å². The molecule has 0 spiro atoms. The largest absolute Gasteiger partial charge is 0.493 e. The number of nitrogens with zero attached hydrogens (tertiary/aromatic N) is 2. The van der Waals surface area contributed by atoms with E-state index in [1.165, 1.54) is 4.90 Å². The number of rotatable bonds is 13. The number of imide groups is 1. The molecule has 198 valence electrons. The quantitative estimate of drug-likeness (QED) is 0.379. The van der Waals surface area contributed by atoms with E-state index in [4.69, 9.17) is 21.1 Å². The van der Waals surface area contributed by atoms with Gasteiger partial charge in [-0.1, -0.05) is 29.8 Å². The minimum absolute atomic E-state index is 0.0138. The number of methoxy groups -OCH3 is 1. The molecule has 1 N–H and O–H groups in total. The molecule has 2 aromatic carbocycles. The Hall–Kier alpha value is -3.10. The highest BCUT2D eigenvalue weighted by Crippen LogP contribution is 2.37. The van der Waals surface area contributed by atoms with Crippen LogP contribution < -0.4 is 9.47 Å². The second-order valence-electron chi connectivity index (χ2n) is 9.77. The molecule has 9 heteroatoms. The van der Waals surface area contributed by atoms with Crippen LogP contribution in [-0.4, -0.2) is 59.5 Å². The van der Waals surface area contributed by atoms with Gasteiger partial charge in [0.1, 0.15) is 6.61 Å². The van der Waals surface area contributed by atoms with Crippen LogP contribution in [0.15, 0.2) is 36.4 Å². The molecular formula is C28H33ClN2O6. The number of amides is 2. The number of aliphatic carboxylic acids is 1. The van der Waals surface area contributed by atoms with Crippen molar-refractivity contribution < 1.29 is 29.0 Å². The maximum absolute atomic E-state index is 11.8. The number of carboxylic acids is 1. The number of carboxylic acid groups (broad SMARTS) is 1. The van der Waals surface area contributed by atoms with Crippen molar-refractivity contribution in [2.24, 2.45) is 5.92 Å². The molecule has 0 radical (unpaired) electrons. The Morgan fingerprint density at radius 3 is 2.49 bits per heavy atom. The lowest BCUT2D eigenvalue weighted by Crippen LogP contribution is -2.33. The van der Waals surface area contributed by atoms with Gasteiger partial charge >= 0.3 is 5.97 Å². The first-order chi connectivity index (χ1) is 17.7. The van der Waals surface area contributed by atoms with Crippen molar-refractivity contribution in [2.75, 3.05) is 26.8 Å². The Kier molecular flexibility index (Phi) is 8.71. The number of hydrogen-bond acceptors (Lipinski definition) is 6. The highest BCUT2D eigenvalue weighted by atomic mass is 35.5. The number of aryl methyl sites for hydroxylation is 1. The zero-order valence-corrected chi connectivity index (χ0v) is 22.0. The number of carbonyl (C=O) groups excluding carboxylic acids is 2. The lowest BCUT2D eigenvalue weighted by Gasteiger charge is -2.32. The monoisotopic (exact) mass is 528 g/mol. The minimum atomic E-state index is -0.852. The zero-order chi connectivity index (χ0) is 26.5. The first-order valence-corrected chi connectivity index (χ1v) is 13.0. The fourth-order valence-electron chi connectivity index (χ4n) is 4.72. The average molecular weight is 529 g/mol. The summed E-state index contributed by atoms with van der Waals surface area (Å²) in [7, 11) is 1.56. The number of likely N-dealkylation sites (tertiary alicyclic amines) is 1. The molecule has 2 aliphatic rings. The third-order valence-corrected chi connectivity index (χ3v) is 7.33. The van der Waals surface area contributed by atoms with E-state index >= 15 is 0 Å². The molecule has 0 bridgehead atoms. The van der Waals surface area contributed by atoms with Crippen LogP contribution in [0.3, 0.4) is 0 Å². The first-order valence-electron chi connectivity index (χ1n) is 12.6. The number of ether oxygens (including phenoxy) is 2. The summed E-state index contributed by atoms with van der Waals surface area (Å²) in [4.78, 5) is 38.9. The fraction of sp³-hybridized carbons (Fsp3) is 0.464. The molecular weight excluding hydrogens is 496 g/mol. The number of halogens is 1. The maximum atomic E-state index is 11.8. The predicted molar refractivity (Wildman–Crippen MR) is 139 cm³/mol. The van der Waals surface area contributed by atoms with Gasteiger partial charge in [0.2, 0.25) is 11.8 Å². The van der Waals surface area contributed by atoms with Crippen LogP contribution in [0.1, 0.15) is 54.8 Å². The highest BCUT2D eigenvalue weighted by Gasteiger charge is 2.31. The van der Waals surface area contributed by atoms with Gasteiger partial charge in [-0.05, 0) is 60.6 Å². The van der Waals surface area contributed by atoms with Crippen molar-refractivity contribution in [3.05, 3.63) is 58.1 Å². The molecule has 8 nitrogen and oxygen atoms in total. The third-order valence-electron chi connectivity index (χ3n) is 6.91. The van der Waals surface area contributed by atoms with Gasteiger partial charge in [-0.2, -0.15) is 0 Å². The van der Waals surface area contributed by atoms with E-state index in [0.717, 1.165) is 36.1 Å². The van der Waals surface area contributed by atoms with Gasteiger partial charge in [0.15, 0.2) is 11.5 Å². The van der Waals surface area contributed by atoms with Crippen molar-refractivity contribution >= 4 is 29.4 Å². The van der Waals surface area contributed by atoms with E-state index in [-0.39, 0.29) is 50.3 Å². The van der Waals surface area contributed by atoms with Gasteiger partial charge in [0.05, 0.1) is 20.1 Å². The second-order valence-corrected chi connectivity index (χ2v) is 10.2. The zero-order valence-electron chi connectivity index (χ0n) is 21.2. The van der Waals surface area contributed by atoms with Crippen molar-refractivity contribution in [1.82, 2.24) is 9.80 Å². The standard InChI is InChI=1S/C28H33ClN2O6/c1-18-13-21(6-7-22(18)29)23(15-28(34)35)30(16-19-3-4-19)17-20-5-8-24(25(14-20)36-2)37-12-11-31-26(32)9-10-27(31)33/h5-8,13-14,19,23H,3-4,9-12,15-17H2,1-2H3,(H,34,35)/t23-/m1/s1. The SMILES string of the molecule is COc1cc(CN(CC2CC2)[C@H](CC(=O)O)c2ccc(Cl)c(C)c2)ccc1OCCN1C(=O)CCC1=O. The van der Waals surface area contributed by atoms with Gasteiger partial charge in [-0.3, -0.25) is 24.2 Å². The van der Waals surface area contributed by atoms with Crippen LogP contribution in [0.2, 0.25) is 5.02 Å². The molecule has 1 saturated carbocycles. The second kappa shape index (κ2) is 12.0. The molecule has 2 amide bonds. The van der Waals surface area contributed by atoms with Crippen molar-refractivity contribution in [1.29, 1.82) is 0 Å². The topological polar surface area (TPSA) is 96.4 Å². The average Bonchev–Trinajstić information content (AvgIpc) is 3.63. The maximum Gasteiger partial charge on any atom is 0.305 e. The normalized spacial score (nSPS) is 16.4. The predicted octanol–water partition coefficient (Wildman–Crippen LogP) is 4.61. The Morgan fingerprint density at radius 2 is 1.86 bits per heavy atom. The fourth-order valence-corrected chi connectivity index (χ4v) is 4.83. The first kappa shape index (κ1) is 26.9. The van der Waals surface area contributed by atoms with Crippen molar-refractivity contribution in [3.8, 4) is 11.5 Å². The van der Waals surface area contributed by atoms with E-state index < -0.39 is 5.97 Å². The Labute approximate surface area is 222 Å². The molecule has 1 heterocycles. The molecule has 0 aromatic heterocycles. The summed E-state index contributed by atoms with van der Waals surface area (Å²) in [5.74, 6) is 0.436. The van der Waals surface area contributed by atoms with E-state index in [1.54, 1.807) is 7.11 Å². The van der Waals surface area contributed by atoms with E-state index in [1.807, 2.05) is 43.3 Å². The molecule has 1 atom stereocenters. The molecule has 2 fully saturated rings. The molecule has 4 rings (SSSR count). The summed E-state index contributed by atoms with van der Waals surface area (Å²) in [6, 6.07) is 11.1.